The molecule has 0 saturated carbocycles. The molecule has 23 heavy (non-hydrogen) atoms. The summed E-state index contributed by atoms with van der Waals surface area (Å²) in [5, 5.41) is 3.31. The first-order chi connectivity index (χ1) is 10.8. The summed E-state index contributed by atoms with van der Waals surface area (Å²) in [5.41, 5.74) is 7.85. The third-order valence-corrected chi connectivity index (χ3v) is 3.49. The van der Waals surface area contributed by atoms with Crippen molar-refractivity contribution >= 4 is 34.9 Å². The maximum absolute atomic E-state index is 12.3. The van der Waals surface area contributed by atoms with E-state index < -0.39 is 5.60 Å². The first-order valence-corrected chi connectivity index (χ1v) is 8.05. The fourth-order valence-electron chi connectivity index (χ4n) is 2.22. The van der Waals surface area contributed by atoms with Crippen molar-refractivity contribution < 1.29 is 9.53 Å². The maximum Gasteiger partial charge on any atom is 0.410 e. The molecule has 0 unspecified atom stereocenters. The number of nitrogens with one attached hydrogen (secondary N) is 1. The predicted octanol–water partition coefficient (Wildman–Crippen LogP) is 3.08. The Morgan fingerprint density at radius 3 is 2.87 bits per heavy atom. The molecule has 7 heteroatoms. The molecular formula is C16H23ClN4O2. The zero-order valence-corrected chi connectivity index (χ0v) is 14.5. The summed E-state index contributed by atoms with van der Waals surface area (Å²) in [7, 11) is 0. The van der Waals surface area contributed by atoms with E-state index in [4.69, 9.17) is 22.1 Å². The number of aliphatic imine (C=N–C) groups is 1. The van der Waals surface area contributed by atoms with E-state index in [-0.39, 0.29) is 12.0 Å². The van der Waals surface area contributed by atoms with Gasteiger partial charge in [-0.3, -0.25) is 0 Å². The average Bonchev–Trinajstić information content (AvgIpc) is 2.67. The number of hydrogen-bond donors (Lipinski definition) is 2. The summed E-state index contributed by atoms with van der Waals surface area (Å²) in [5.74, 6) is 0.562. The molecule has 0 atom stereocenters. The summed E-state index contributed by atoms with van der Waals surface area (Å²) in [6, 6.07) is 5.71. The molecule has 0 aromatic heterocycles. The Bertz CT molecular complexity index is 611. The van der Waals surface area contributed by atoms with Gasteiger partial charge in [0, 0.05) is 18.8 Å². The van der Waals surface area contributed by atoms with E-state index in [1.54, 1.807) is 4.90 Å². The van der Waals surface area contributed by atoms with Crippen molar-refractivity contribution in [2.75, 3.05) is 24.3 Å². The lowest BCUT2D eigenvalue weighted by atomic mass is 10.1. The molecule has 2 rings (SSSR count). The van der Waals surface area contributed by atoms with Crippen LogP contribution >= 0.6 is 11.6 Å². The second-order valence-corrected chi connectivity index (χ2v) is 6.67. The number of carbonyl (C=O) groups excluding carboxylic acids is 1. The molecule has 0 aliphatic carbocycles. The van der Waals surface area contributed by atoms with Crippen LogP contribution in [0.5, 0.6) is 0 Å². The number of nitrogens with zero attached hydrogens (tertiary/aromatic N) is 2. The fraction of sp³-hybridized carbons (Fsp3) is 0.500. The van der Waals surface area contributed by atoms with Crippen LogP contribution in [-0.2, 0) is 11.3 Å². The normalized spacial score (nSPS) is 15.5. The number of amidine groups is 1. The van der Waals surface area contributed by atoms with E-state index in [1.807, 2.05) is 39.0 Å². The van der Waals surface area contributed by atoms with Gasteiger partial charge in [-0.1, -0.05) is 6.07 Å². The Labute approximate surface area is 141 Å². The fourth-order valence-corrected chi connectivity index (χ4v) is 2.28. The molecule has 0 spiro atoms. The minimum absolute atomic E-state index is 0.191. The van der Waals surface area contributed by atoms with Crippen molar-refractivity contribution in [3.05, 3.63) is 23.8 Å². The van der Waals surface area contributed by atoms with Crippen molar-refractivity contribution in [2.45, 2.75) is 32.9 Å². The molecule has 0 saturated heterocycles. The third-order valence-electron chi connectivity index (χ3n) is 3.21. The van der Waals surface area contributed by atoms with Gasteiger partial charge in [-0.25, -0.2) is 9.79 Å². The lowest BCUT2D eigenvalue weighted by Gasteiger charge is -2.26. The maximum atomic E-state index is 12.3. The number of amides is 1. The molecule has 1 aromatic carbocycles. The molecule has 1 aliphatic heterocycles. The molecule has 126 valence electrons. The molecule has 0 fully saturated rings. The van der Waals surface area contributed by atoms with Crippen LogP contribution in [0.25, 0.3) is 0 Å². The molecule has 3 N–H and O–H groups in total. The lowest BCUT2D eigenvalue weighted by Crippen LogP contribution is -2.37. The molecule has 6 nitrogen and oxygen atoms in total. The van der Waals surface area contributed by atoms with Gasteiger partial charge in [0.25, 0.3) is 0 Å². The minimum atomic E-state index is -0.503. The highest BCUT2D eigenvalue weighted by molar-refractivity contribution is 6.28. The topological polar surface area (TPSA) is 80.0 Å². The van der Waals surface area contributed by atoms with Gasteiger partial charge in [0.1, 0.15) is 11.4 Å². The second-order valence-electron chi connectivity index (χ2n) is 6.41. The Morgan fingerprint density at radius 2 is 2.22 bits per heavy atom. The quantitative estimate of drug-likeness (QED) is 0.493. The number of ether oxygens (including phenoxy) is 1. The monoisotopic (exact) mass is 338 g/mol. The SMILES string of the molecule is CC(C)(C)OC(=O)N1CCNc2cc(N=C(N)CCl)ccc2C1. The van der Waals surface area contributed by atoms with Crippen LogP contribution in [0, 0.1) is 0 Å². The third kappa shape index (κ3) is 5.03. The molecule has 0 radical (unpaired) electrons. The van der Waals surface area contributed by atoms with E-state index in [2.05, 4.69) is 10.3 Å². The summed E-state index contributed by atoms with van der Waals surface area (Å²) in [6.45, 7) is 7.30. The van der Waals surface area contributed by atoms with E-state index in [0.717, 1.165) is 16.9 Å². The molecular weight excluding hydrogens is 316 g/mol. The molecule has 1 heterocycles. The summed E-state index contributed by atoms with van der Waals surface area (Å²) in [6.07, 6.45) is -0.305. The number of carbonyl (C=O) groups is 1. The smallest absolute Gasteiger partial charge is 0.410 e. The van der Waals surface area contributed by atoms with Crippen LogP contribution < -0.4 is 11.1 Å². The van der Waals surface area contributed by atoms with Gasteiger partial charge in [-0.05, 0) is 38.5 Å². The standard InChI is InChI=1S/C16H23ClN4O2/c1-16(2,3)23-15(22)21-7-6-19-13-8-12(20-14(18)9-17)5-4-11(13)10-21/h4-5,8,19H,6-7,9-10H2,1-3H3,(H2,18,20). The van der Waals surface area contributed by atoms with Gasteiger partial charge in [-0.15, -0.1) is 11.6 Å². The predicted molar refractivity (Wildman–Crippen MR) is 93.6 cm³/mol. The van der Waals surface area contributed by atoms with E-state index in [1.165, 1.54) is 0 Å². The van der Waals surface area contributed by atoms with Gasteiger partial charge < -0.3 is 20.7 Å². The number of halogens is 1. The van der Waals surface area contributed by atoms with Crippen LogP contribution in [0.2, 0.25) is 0 Å². The van der Waals surface area contributed by atoms with Crippen LogP contribution in [0.15, 0.2) is 23.2 Å². The van der Waals surface area contributed by atoms with Crippen LogP contribution in [-0.4, -0.2) is 41.4 Å². The van der Waals surface area contributed by atoms with Crippen molar-refractivity contribution in [1.29, 1.82) is 0 Å². The van der Waals surface area contributed by atoms with Crippen molar-refractivity contribution in [3.63, 3.8) is 0 Å². The van der Waals surface area contributed by atoms with Crippen LogP contribution in [0.1, 0.15) is 26.3 Å². The Balaban J connectivity index is 2.17. The van der Waals surface area contributed by atoms with E-state index in [9.17, 15) is 4.79 Å². The van der Waals surface area contributed by atoms with Crippen molar-refractivity contribution in [1.82, 2.24) is 4.90 Å². The Morgan fingerprint density at radius 1 is 1.48 bits per heavy atom. The second kappa shape index (κ2) is 7.08. The zero-order chi connectivity index (χ0) is 17.0. The summed E-state index contributed by atoms with van der Waals surface area (Å²) >= 11 is 5.65. The summed E-state index contributed by atoms with van der Waals surface area (Å²) in [4.78, 5) is 18.2. The molecule has 1 aliphatic rings. The van der Waals surface area contributed by atoms with Gasteiger partial charge >= 0.3 is 6.09 Å². The molecule has 0 bridgehead atoms. The van der Waals surface area contributed by atoms with E-state index >= 15 is 0 Å². The van der Waals surface area contributed by atoms with Gasteiger partial charge in [0.05, 0.1) is 18.1 Å². The lowest BCUT2D eigenvalue weighted by molar-refractivity contribution is 0.0245. The number of anilines is 1. The minimum Gasteiger partial charge on any atom is -0.444 e. The number of nitrogens with two attached hydrogens (primary N) is 1. The number of fused-ring (bicyclic) bond motifs is 1. The Kier molecular flexibility index (Phi) is 5.36. The van der Waals surface area contributed by atoms with Crippen LogP contribution in [0.3, 0.4) is 0 Å². The van der Waals surface area contributed by atoms with Crippen LogP contribution in [0.4, 0.5) is 16.2 Å². The number of alkyl halides is 1. The van der Waals surface area contributed by atoms with Crippen molar-refractivity contribution in [2.24, 2.45) is 10.7 Å². The largest absolute Gasteiger partial charge is 0.444 e. The first-order valence-electron chi connectivity index (χ1n) is 7.52. The van der Waals surface area contributed by atoms with Crippen molar-refractivity contribution in [3.8, 4) is 0 Å². The highest BCUT2D eigenvalue weighted by atomic mass is 35.5. The zero-order valence-electron chi connectivity index (χ0n) is 13.7. The average molecular weight is 339 g/mol. The highest BCUT2D eigenvalue weighted by Gasteiger charge is 2.24. The number of hydrogen-bond acceptors (Lipinski definition) is 4. The molecule has 1 aromatic rings. The summed E-state index contributed by atoms with van der Waals surface area (Å²) < 4.78 is 5.44. The number of rotatable bonds is 2. The van der Waals surface area contributed by atoms with Gasteiger partial charge in [0.15, 0.2) is 0 Å². The number of benzene rings is 1. The van der Waals surface area contributed by atoms with E-state index in [0.29, 0.717) is 25.5 Å². The highest BCUT2D eigenvalue weighted by Crippen LogP contribution is 2.26. The first kappa shape index (κ1) is 17.4. The van der Waals surface area contributed by atoms with Gasteiger partial charge in [0.2, 0.25) is 0 Å². The van der Waals surface area contributed by atoms with Gasteiger partial charge in [-0.2, -0.15) is 0 Å². The Hall–Kier alpha value is -1.95. The molecule has 1 amide bonds.